The van der Waals surface area contributed by atoms with E-state index in [-0.39, 0.29) is 0 Å². The zero-order valence-electron chi connectivity index (χ0n) is 12.2. The van der Waals surface area contributed by atoms with Crippen LogP contribution in [0.4, 0.5) is 4.39 Å². The van der Waals surface area contributed by atoms with Gasteiger partial charge in [0.2, 0.25) is 0 Å². The van der Waals surface area contributed by atoms with Crippen LogP contribution < -0.4 is 5.46 Å². The summed E-state index contributed by atoms with van der Waals surface area (Å²) in [6, 6.07) is 1.35. The lowest BCUT2D eigenvalue weighted by Crippen LogP contribution is -2.41. The second-order valence-corrected chi connectivity index (χ2v) is 6.71. The Bertz CT molecular complexity index is 541. The Balaban J connectivity index is 2.01. The molecule has 1 N–H and O–H groups in total. The van der Waals surface area contributed by atoms with Crippen LogP contribution in [0.25, 0.3) is 0 Å². The lowest BCUT2D eigenvalue weighted by Gasteiger charge is -2.32. The molecule has 1 aromatic rings. The van der Waals surface area contributed by atoms with Gasteiger partial charge in [0.15, 0.2) is 0 Å². The zero-order valence-corrected chi connectivity index (χ0v) is 12.2. The Morgan fingerprint density at radius 3 is 2.25 bits per heavy atom. The molecule has 1 aromatic heterocycles. The zero-order chi connectivity index (χ0) is 14.8. The Morgan fingerprint density at radius 2 is 1.75 bits per heavy atom. The minimum Gasteiger partial charge on any atom is -0.399 e. The Hall–Kier alpha value is -0.975. The van der Waals surface area contributed by atoms with E-state index in [4.69, 9.17) is 9.31 Å². The molecule has 0 aromatic carbocycles. The van der Waals surface area contributed by atoms with Gasteiger partial charge in [-0.05, 0) is 46.6 Å². The first-order valence-electron chi connectivity index (χ1n) is 6.89. The lowest BCUT2D eigenvalue weighted by molar-refractivity contribution is 0.00578. The monoisotopic (exact) mass is 279 g/mol. The summed E-state index contributed by atoms with van der Waals surface area (Å²) in [5.74, 6) is -0.456. The van der Waals surface area contributed by atoms with Gasteiger partial charge in [-0.1, -0.05) is 0 Å². The molecule has 20 heavy (non-hydrogen) atoms. The quantitative estimate of drug-likeness (QED) is 0.834. The third-order valence-electron chi connectivity index (χ3n) is 4.56. The number of hydrogen-bond donors (Lipinski definition) is 1. The molecule has 0 bridgehead atoms. The van der Waals surface area contributed by atoms with Crippen LogP contribution in [0.5, 0.6) is 0 Å². The van der Waals surface area contributed by atoms with Crippen molar-refractivity contribution in [3.63, 3.8) is 0 Å². The van der Waals surface area contributed by atoms with E-state index in [0.717, 1.165) is 6.20 Å². The molecular formula is C14H19BFNO3. The lowest BCUT2D eigenvalue weighted by atomic mass is 9.76. The average Bonchev–Trinajstić information content (AvgIpc) is 3.01. The fourth-order valence-electron chi connectivity index (χ4n) is 2.35. The number of rotatable bonds is 2. The van der Waals surface area contributed by atoms with Gasteiger partial charge in [-0.15, -0.1) is 0 Å². The van der Waals surface area contributed by atoms with Gasteiger partial charge in [0, 0.05) is 5.46 Å². The number of nitrogens with zero attached hydrogens (tertiary/aromatic N) is 1. The normalized spacial score (nSPS) is 25.8. The van der Waals surface area contributed by atoms with Gasteiger partial charge < -0.3 is 14.4 Å². The maximum Gasteiger partial charge on any atom is 0.496 e. The van der Waals surface area contributed by atoms with Gasteiger partial charge in [-0.2, -0.15) is 0 Å². The molecule has 0 atom stereocenters. The highest BCUT2D eigenvalue weighted by molar-refractivity contribution is 6.62. The summed E-state index contributed by atoms with van der Waals surface area (Å²) in [7, 11) is -0.706. The van der Waals surface area contributed by atoms with Crippen LogP contribution in [-0.4, -0.2) is 28.4 Å². The molecule has 3 rings (SSSR count). The summed E-state index contributed by atoms with van der Waals surface area (Å²) in [4.78, 5) is 4.07. The maximum absolute atomic E-state index is 13.5. The van der Waals surface area contributed by atoms with Crippen molar-refractivity contribution < 1.29 is 18.8 Å². The molecule has 1 aliphatic carbocycles. The van der Waals surface area contributed by atoms with Crippen molar-refractivity contribution in [2.45, 2.75) is 57.3 Å². The second-order valence-electron chi connectivity index (χ2n) is 6.71. The van der Waals surface area contributed by atoms with E-state index in [0.29, 0.717) is 24.0 Å². The third kappa shape index (κ3) is 2.06. The summed E-state index contributed by atoms with van der Waals surface area (Å²) in [6.45, 7) is 7.74. The van der Waals surface area contributed by atoms with Crippen LogP contribution in [-0.2, 0) is 14.9 Å². The summed E-state index contributed by atoms with van der Waals surface area (Å²) in [5.41, 5.74) is -1.01. The number of hydrogen-bond acceptors (Lipinski definition) is 4. The molecule has 108 valence electrons. The number of halogens is 1. The smallest absolute Gasteiger partial charge is 0.399 e. The highest BCUT2D eigenvalue weighted by atomic mass is 19.1. The third-order valence-corrected chi connectivity index (χ3v) is 4.56. The Kier molecular flexibility index (Phi) is 2.81. The Morgan fingerprint density at radius 1 is 1.20 bits per heavy atom. The van der Waals surface area contributed by atoms with Crippen LogP contribution in [0.3, 0.4) is 0 Å². The number of pyridine rings is 1. The fourth-order valence-corrected chi connectivity index (χ4v) is 2.35. The van der Waals surface area contributed by atoms with Gasteiger partial charge in [-0.3, -0.25) is 4.98 Å². The molecule has 2 fully saturated rings. The topological polar surface area (TPSA) is 51.6 Å². The van der Waals surface area contributed by atoms with Crippen molar-refractivity contribution >= 4 is 12.6 Å². The fraction of sp³-hybridized carbons (Fsp3) is 0.643. The molecule has 1 aliphatic heterocycles. The molecule has 1 saturated carbocycles. The van der Waals surface area contributed by atoms with Gasteiger partial charge in [-0.25, -0.2) is 4.39 Å². The Labute approximate surface area is 118 Å². The standard InChI is InChI=1S/C14H19BFNO3/c1-12(2)13(3,4)20-15(19-12)10-7-9(16)8-17-11(10)14(18)5-6-14/h7-8,18H,5-6H2,1-4H3. The predicted octanol–water partition coefficient (Wildman–Crippen LogP) is 1.50. The molecule has 0 radical (unpaired) electrons. The summed E-state index contributed by atoms with van der Waals surface area (Å²) < 4.78 is 25.4. The van der Waals surface area contributed by atoms with Crippen LogP contribution in [0.1, 0.15) is 46.2 Å². The molecular weight excluding hydrogens is 260 g/mol. The first-order valence-corrected chi connectivity index (χ1v) is 6.89. The summed E-state index contributed by atoms with van der Waals surface area (Å²) in [5, 5.41) is 10.3. The molecule has 0 unspecified atom stereocenters. The van der Waals surface area contributed by atoms with Crippen molar-refractivity contribution in [1.29, 1.82) is 0 Å². The summed E-state index contributed by atoms with van der Waals surface area (Å²) in [6.07, 6.45) is 2.40. The largest absolute Gasteiger partial charge is 0.496 e. The van der Waals surface area contributed by atoms with Gasteiger partial charge in [0.1, 0.15) is 11.4 Å². The van der Waals surface area contributed by atoms with Crippen molar-refractivity contribution in [2.75, 3.05) is 0 Å². The highest BCUT2D eigenvalue weighted by Crippen LogP contribution is 2.44. The van der Waals surface area contributed by atoms with Gasteiger partial charge in [0.05, 0.1) is 23.1 Å². The van der Waals surface area contributed by atoms with E-state index >= 15 is 0 Å². The molecule has 1 saturated heterocycles. The SMILES string of the molecule is CC1(C)OB(c2cc(F)cnc2C2(O)CC2)OC1(C)C. The van der Waals surface area contributed by atoms with E-state index in [1.807, 2.05) is 27.7 Å². The molecule has 0 spiro atoms. The van der Waals surface area contributed by atoms with Crippen molar-refractivity contribution in [2.24, 2.45) is 0 Å². The van der Waals surface area contributed by atoms with Gasteiger partial charge in [0.25, 0.3) is 0 Å². The van der Waals surface area contributed by atoms with E-state index in [1.54, 1.807) is 0 Å². The molecule has 4 nitrogen and oxygen atoms in total. The van der Waals surface area contributed by atoms with E-state index in [1.165, 1.54) is 6.07 Å². The molecule has 2 aliphatic rings. The van der Waals surface area contributed by atoms with Crippen LogP contribution in [0, 0.1) is 5.82 Å². The average molecular weight is 279 g/mol. The van der Waals surface area contributed by atoms with Gasteiger partial charge >= 0.3 is 7.12 Å². The minimum absolute atomic E-state index is 0.456. The van der Waals surface area contributed by atoms with Crippen molar-refractivity contribution in [1.82, 2.24) is 4.98 Å². The summed E-state index contributed by atoms with van der Waals surface area (Å²) >= 11 is 0. The first kappa shape index (κ1) is 14.0. The van der Waals surface area contributed by atoms with E-state index in [2.05, 4.69) is 4.98 Å². The number of aromatic nitrogens is 1. The first-order chi connectivity index (χ1) is 9.15. The maximum atomic E-state index is 13.5. The van der Waals surface area contributed by atoms with Crippen LogP contribution in [0.2, 0.25) is 0 Å². The molecule has 2 heterocycles. The molecule has 0 amide bonds. The van der Waals surface area contributed by atoms with Crippen molar-refractivity contribution in [3.8, 4) is 0 Å². The van der Waals surface area contributed by atoms with Crippen molar-refractivity contribution in [3.05, 3.63) is 23.8 Å². The predicted molar refractivity (Wildman–Crippen MR) is 73.0 cm³/mol. The molecule has 6 heteroatoms. The number of aliphatic hydroxyl groups is 1. The van der Waals surface area contributed by atoms with E-state index in [9.17, 15) is 9.50 Å². The van der Waals surface area contributed by atoms with E-state index < -0.39 is 29.7 Å². The minimum atomic E-state index is -0.952. The van der Waals surface area contributed by atoms with Crippen LogP contribution >= 0.6 is 0 Å². The van der Waals surface area contributed by atoms with Crippen LogP contribution in [0.15, 0.2) is 12.3 Å². The second kappa shape index (κ2) is 4.03. The highest BCUT2D eigenvalue weighted by Gasteiger charge is 2.55.